The van der Waals surface area contributed by atoms with Crippen molar-refractivity contribution in [2.75, 3.05) is 52.5 Å². The van der Waals surface area contributed by atoms with Crippen molar-refractivity contribution in [2.24, 2.45) is 5.92 Å². The molecule has 3 aliphatic rings. The molecule has 3 heterocycles. The van der Waals surface area contributed by atoms with Crippen molar-refractivity contribution in [1.29, 1.82) is 0 Å². The van der Waals surface area contributed by atoms with E-state index >= 15 is 0 Å². The third kappa shape index (κ3) is 4.78. The summed E-state index contributed by atoms with van der Waals surface area (Å²) in [6, 6.07) is 6.32. The van der Waals surface area contributed by atoms with Gasteiger partial charge < -0.3 is 14.5 Å². The average molecular weight is 403 g/mol. The van der Waals surface area contributed by atoms with E-state index in [4.69, 9.17) is 4.74 Å². The van der Waals surface area contributed by atoms with E-state index < -0.39 is 0 Å². The number of ether oxygens (including phenoxy) is 1. The molecular formula is C22H30FN3O3. The summed E-state index contributed by atoms with van der Waals surface area (Å²) < 4.78 is 18.8. The first-order valence-corrected chi connectivity index (χ1v) is 10.8. The van der Waals surface area contributed by atoms with Crippen molar-refractivity contribution in [1.82, 2.24) is 14.7 Å². The van der Waals surface area contributed by atoms with Crippen molar-refractivity contribution >= 4 is 11.8 Å². The number of rotatable bonds is 3. The van der Waals surface area contributed by atoms with Gasteiger partial charge in [0.05, 0.1) is 19.1 Å². The molecule has 1 atom stereocenters. The topological polar surface area (TPSA) is 53.1 Å². The fourth-order valence-corrected chi connectivity index (χ4v) is 4.82. The number of hydrogen-bond donors (Lipinski definition) is 0. The molecule has 158 valence electrons. The number of amides is 2. The van der Waals surface area contributed by atoms with Gasteiger partial charge in [0.15, 0.2) is 0 Å². The first-order valence-electron chi connectivity index (χ1n) is 10.8. The smallest absolute Gasteiger partial charge is 0.253 e. The minimum atomic E-state index is -0.380. The van der Waals surface area contributed by atoms with E-state index in [0.29, 0.717) is 51.0 Å². The van der Waals surface area contributed by atoms with Crippen LogP contribution in [0.1, 0.15) is 36.0 Å². The molecule has 2 amide bonds. The third-order valence-electron chi connectivity index (χ3n) is 6.46. The van der Waals surface area contributed by atoms with Crippen molar-refractivity contribution < 1.29 is 18.7 Å². The highest BCUT2D eigenvalue weighted by Crippen LogP contribution is 2.26. The highest BCUT2D eigenvalue weighted by Gasteiger charge is 2.34. The first-order chi connectivity index (χ1) is 14.1. The second-order valence-electron chi connectivity index (χ2n) is 8.31. The maximum atomic E-state index is 13.4. The van der Waals surface area contributed by atoms with Crippen LogP contribution < -0.4 is 0 Å². The summed E-state index contributed by atoms with van der Waals surface area (Å²) in [6.45, 7) is 5.89. The van der Waals surface area contributed by atoms with Gasteiger partial charge in [0, 0.05) is 44.3 Å². The zero-order chi connectivity index (χ0) is 20.2. The molecule has 0 aliphatic carbocycles. The molecule has 0 radical (unpaired) electrons. The van der Waals surface area contributed by atoms with Crippen LogP contribution in [0, 0.1) is 11.7 Å². The third-order valence-corrected chi connectivity index (χ3v) is 6.46. The second kappa shape index (κ2) is 9.22. The number of hydrogen-bond acceptors (Lipinski definition) is 4. The molecule has 6 nitrogen and oxygen atoms in total. The highest BCUT2D eigenvalue weighted by atomic mass is 19.1. The monoisotopic (exact) mass is 403 g/mol. The van der Waals surface area contributed by atoms with Crippen molar-refractivity contribution in [3.8, 4) is 0 Å². The van der Waals surface area contributed by atoms with Crippen LogP contribution in [0.5, 0.6) is 0 Å². The molecule has 3 saturated heterocycles. The molecule has 3 fully saturated rings. The van der Waals surface area contributed by atoms with E-state index in [0.717, 1.165) is 38.8 Å². The van der Waals surface area contributed by atoms with Gasteiger partial charge in [-0.25, -0.2) is 4.39 Å². The maximum absolute atomic E-state index is 13.4. The molecule has 0 aromatic heterocycles. The Labute approximate surface area is 171 Å². The lowest BCUT2D eigenvalue weighted by Gasteiger charge is -2.43. The van der Waals surface area contributed by atoms with Gasteiger partial charge in [0.2, 0.25) is 5.91 Å². The van der Waals surface area contributed by atoms with Gasteiger partial charge in [0.1, 0.15) is 5.82 Å². The molecule has 0 spiro atoms. The van der Waals surface area contributed by atoms with Crippen LogP contribution in [-0.4, -0.2) is 85.0 Å². The fraction of sp³-hybridized carbons (Fsp3) is 0.636. The molecule has 29 heavy (non-hydrogen) atoms. The van der Waals surface area contributed by atoms with Crippen molar-refractivity contribution in [3.05, 3.63) is 35.6 Å². The molecule has 4 rings (SSSR count). The predicted octanol–water partition coefficient (Wildman–Crippen LogP) is 2.00. The van der Waals surface area contributed by atoms with Crippen LogP contribution in [0.3, 0.4) is 0 Å². The van der Waals surface area contributed by atoms with Crippen molar-refractivity contribution in [2.45, 2.75) is 31.7 Å². The number of carbonyl (C=O) groups excluding carboxylic acids is 2. The van der Waals surface area contributed by atoms with Crippen LogP contribution in [0.4, 0.5) is 4.39 Å². The van der Waals surface area contributed by atoms with E-state index in [2.05, 4.69) is 4.90 Å². The van der Waals surface area contributed by atoms with Crippen molar-refractivity contribution in [3.63, 3.8) is 0 Å². The Balaban J connectivity index is 1.30. The minimum absolute atomic E-state index is 0.0776. The lowest BCUT2D eigenvalue weighted by molar-refractivity contribution is -0.141. The SMILES string of the molecule is O=C(c1cccc(F)c1)N1CCC(N2CCC[C@H](C(=O)N3CCOCC3)C2)CC1. The number of likely N-dealkylation sites (tertiary alicyclic amines) is 2. The molecule has 1 aromatic rings. The largest absolute Gasteiger partial charge is 0.378 e. The Bertz CT molecular complexity index is 730. The summed E-state index contributed by atoms with van der Waals surface area (Å²) >= 11 is 0. The molecular weight excluding hydrogens is 373 g/mol. The minimum Gasteiger partial charge on any atom is -0.378 e. The normalized spacial score (nSPS) is 24.5. The Hall–Kier alpha value is -1.99. The van der Waals surface area contributed by atoms with Crippen LogP contribution in [0.15, 0.2) is 24.3 Å². The Morgan fingerprint density at radius 2 is 1.72 bits per heavy atom. The summed E-state index contributed by atoms with van der Waals surface area (Å²) in [4.78, 5) is 31.7. The summed E-state index contributed by atoms with van der Waals surface area (Å²) in [5.41, 5.74) is 0.414. The number of halogens is 1. The molecule has 1 aromatic carbocycles. The number of benzene rings is 1. The van der Waals surface area contributed by atoms with Crippen LogP contribution in [0.2, 0.25) is 0 Å². The average Bonchev–Trinajstić information content (AvgIpc) is 2.79. The van der Waals surface area contributed by atoms with Crippen LogP contribution in [-0.2, 0) is 9.53 Å². The predicted molar refractivity (Wildman–Crippen MR) is 107 cm³/mol. The number of nitrogens with zero attached hydrogens (tertiary/aromatic N) is 3. The maximum Gasteiger partial charge on any atom is 0.253 e. The standard InChI is InChI=1S/C22H30FN3O3/c23-19-5-1-3-17(15-19)21(27)24-9-6-20(7-10-24)26-8-2-4-18(16-26)22(28)25-11-13-29-14-12-25/h1,3,5,15,18,20H,2,4,6-14,16H2/t18-/m0/s1. The second-order valence-corrected chi connectivity index (χ2v) is 8.31. The number of piperidine rings is 2. The van der Waals surface area contributed by atoms with E-state index in [1.807, 2.05) is 9.80 Å². The highest BCUT2D eigenvalue weighted by molar-refractivity contribution is 5.94. The van der Waals surface area contributed by atoms with Gasteiger partial charge in [-0.05, 0) is 50.4 Å². The van der Waals surface area contributed by atoms with E-state index in [1.54, 1.807) is 12.1 Å². The lowest BCUT2D eigenvalue weighted by atomic mass is 9.92. The van der Waals surface area contributed by atoms with E-state index in [1.165, 1.54) is 12.1 Å². The fourth-order valence-electron chi connectivity index (χ4n) is 4.82. The summed E-state index contributed by atoms with van der Waals surface area (Å²) in [5, 5.41) is 0. The van der Waals surface area contributed by atoms with Crippen LogP contribution >= 0.6 is 0 Å². The summed E-state index contributed by atoms with van der Waals surface area (Å²) in [7, 11) is 0. The zero-order valence-corrected chi connectivity index (χ0v) is 16.9. The number of carbonyl (C=O) groups is 2. The Morgan fingerprint density at radius 1 is 0.966 bits per heavy atom. The van der Waals surface area contributed by atoms with Gasteiger partial charge in [0.25, 0.3) is 5.91 Å². The summed E-state index contributed by atoms with van der Waals surface area (Å²) in [5.74, 6) is -0.123. The van der Waals surface area contributed by atoms with E-state index in [-0.39, 0.29) is 23.5 Å². The van der Waals surface area contributed by atoms with Gasteiger partial charge in [-0.1, -0.05) is 6.07 Å². The number of morpholine rings is 1. The summed E-state index contributed by atoms with van der Waals surface area (Å²) in [6.07, 6.45) is 3.81. The molecule has 0 unspecified atom stereocenters. The van der Waals surface area contributed by atoms with E-state index in [9.17, 15) is 14.0 Å². The zero-order valence-electron chi connectivity index (χ0n) is 16.9. The molecule has 0 N–H and O–H groups in total. The van der Waals surface area contributed by atoms with Crippen LogP contribution in [0.25, 0.3) is 0 Å². The Morgan fingerprint density at radius 3 is 2.45 bits per heavy atom. The molecule has 3 aliphatic heterocycles. The lowest BCUT2D eigenvalue weighted by Crippen LogP contribution is -2.53. The quantitative estimate of drug-likeness (QED) is 0.775. The Kier molecular flexibility index (Phi) is 6.45. The molecule has 0 bridgehead atoms. The molecule has 7 heteroatoms. The first kappa shape index (κ1) is 20.3. The van der Waals surface area contributed by atoms with Gasteiger partial charge in [-0.3, -0.25) is 14.5 Å². The van der Waals surface area contributed by atoms with Gasteiger partial charge >= 0.3 is 0 Å². The van der Waals surface area contributed by atoms with Gasteiger partial charge in [-0.2, -0.15) is 0 Å². The van der Waals surface area contributed by atoms with Gasteiger partial charge in [-0.15, -0.1) is 0 Å². The molecule has 0 saturated carbocycles.